The number of nitrogens with one attached hydrogen (secondary N) is 2. The number of fused-ring (bicyclic) bond motifs is 1. The van der Waals surface area contributed by atoms with Gasteiger partial charge in [-0.05, 0) is 48.9 Å². The molecule has 1 atom stereocenters. The van der Waals surface area contributed by atoms with Crippen molar-refractivity contribution < 1.29 is 18.8 Å². The molecule has 3 aromatic rings. The number of halogens is 1. The van der Waals surface area contributed by atoms with E-state index in [4.69, 9.17) is 20.9 Å². The number of rotatable bonds is 6. The summed E-state index contributed by atoms with van der Waals surface area (Å²) in [5.74, 6) is 1.11. The molecule has 0 saturated heterocycles. The fraction of sp³-hybridized carbons (Fsp3) is 0.238. The fourth-order valence-corrected chi connectivity index (χ4v) is 3.19. The quantitative estimate of drug-likeness (QED) is 0.624. The van der Waals surface area contributed by atoms with E-state index in [1.54, 1.807) is 36.4 Å². The summed E-state index contributed by atoms with van der Waals surface area (Å²) in [6.45, 7) is 1.88. The number of hydrogen-bond donors (Lipinski definition) is 2. The van der Waals surface area contributed by atoms with E-state index >= 15 is 0 Å². The number of aromatic nitrogens is 2. The van der Waals surface area contributed by atoms with E-state index < -0.39 is 0 Å². The highest BCUT2D eigenvalue weighted by Gasteiger charge is 2.18. The molecule has 1 aliphatic heterocycles. The minimum atomic E-state index is -0.242. The third-order valence-electron chi connectivity index (χ3n) is 4.65. The van der Waals surface area contributed by atoms with Crippen LogP contribution in [0.3, 0.4) is 0 Å². The lowest BCUT2D eigenvalue weighted by Crippen LogP contribution is -2.28. The van der Waals surface area contributed by atoms with Gasteiger partial charge in [0.15, 0.2) is 6.61 Å². The fourth-order valence-electron chi connectivity index (χ4n) is 3.06. The van der Waals surface area contributed by atoms with Crippen LogP contribution in [0.15, 0.2) is 47.0 Å². The second-order valence-electron chi connectivity index (χ2n) is 6.90. The molecule has 0 saturated carbocycles. The normalized spacial score (nSPS) is 13.7. The highest BCUT2D eigenvalue weighted by Crippen LogP contribution is 2.30. The molecule has 1 aromatic heterocycles. The van der Waals surface area contributed by atoms with E-state index in [9.17, 15) is 9.59 Å². The molecule has 0 bridgehead atoms. The van der Waals surface area contributed by atoms with Crippen LogP contribution in [0.25, 0.3) is 11.4 Å². The van der Waals surface area contributed by atoms with Crippen molar-refractivity contribution in [2.24, 2.45) is 0 Å². The molecule has 0 aliphatic carbocycles. The van der Waals surface area contributed by atoms with Crippen LogP contribution in [-0.4, -0.2) is 28.6 Å². The zero-order valence-electron chi connectivity index (χ0n) is 16.1. The predicted molar refractivity (Wildman–Crippen MR) is 110 cm³/mol. The number of hydrogen-bond acceptors (Lipinski definition) is 6. The maximum Gasteiger partial charge on any atom is 0.262 e. The summed E-state index contributed by atoms with van der Waals surface area (Å²) in [4.78, 5) is 28.1. The van der Waals surface area contributed by atoms with Crippen LogP contribution in [-0.2, 0) is 16.0 Å². The van der Waals surface area contributed by atoms with Gasteiger partial charge in [0.25, 0.3) is 5.91 Å². The summed E-state index contributed by atoms with van der Waals surface area (Å²) in [5.41, 5.74) is 2.25. The van der Waals surface area contributed by atoms with Gasteiger partial charge in [0.05, 0.1) is 11.7 Å². The van der Waals surface area contributed by atoms with Crippen LogP contribution in [0.5, 0.6) is 5.75 Å². The Hall–Kier alpha value is -3.39. The number of carbonyl (C=O) groups is 2. The van der Waals surface area contributed by atoms with E-state index in [1.807, 2.05) is 13.0 Å². The van der Waals surface area contributed by atoms with Gasteiger partial charge < -0.3 is 19.9 Å². The molecular formula is C21H19ClN4O4. The molecule has 30 heavy (non-hydrogen) atoms. The average molecular weight is 427 g/mol. The number of anilines is 1. The molecule has 8 nitrogen and oxygen atoms in total. The topological polar surface area (TPSA) is 106 Å². The zero-order valence-corrected chi connectivity index (χ0v) is 16.9. The molecule has 2 aromatic carbocycles. The number of amides is 2. The molecule has 1 aliphatic rings. The van der Waals surface area contributed by atoms with E-state index in [2.05, 4.69) is 20.8 Å². The van der Waals surface area contributed by atoms with E-state index in [0.29, 0.717) is 34.6 Å². The second kappa shape index (κ2) is 8.54. The Morgan fingerprint density at radius 3 is 2.87 bits per heavy atom. The zero-order chi connectivity index (χ0) is 21.1. The minimum absolute atomic E-state index is 0.00798. The summed E-state index contributed by atoms with van der Waals surface area (Å²) in [6, 6.07) is 12.3. The molecule has 0 fully saturated rings. The summed E-state index contributed by atoms with van der Waals surface area (Å²) < 4.78 is 10.6. The largest absolute Gasteiger partial charge is 0.482 e. The van der Waals surface area contributed by atoms with Crippen LogP contribution >= 0.6 is 11.6 Å². The average Bonchev–Trinajstić information content (AvgIpc) is 3.21. The van der Waals surface area contributed by atoms with Crippen molar-refractivity contribution >= 4 is 29.1 Å². The standard InChI is InChI=1S/C21H19ClN4O4/c1-12(14-4-7-17-16(10-14)24-19(28)11-29-17)23-18(27)8-9-20-25-21(26-30-20)13-2-5-15(22)6-3-13/h2-7,10,12H,8-9,11H2,1H3,(H,23,27)(H,24,28). The highest BCUT2D eigenvalue weighted by molar-refractivity contribution is 6.30. The lowest BCUT2D eigenvalue weighted by Gasteiger charge is -2.21. The van der Waals surface area contributed by atoms with Crippen LogP contribution < -0.4 is 15.4 Å². The van der Waals surface area contributed by atoms with Gasteiger partial charge in [-0.1, -0.05) is 22.8 Å². The van der Waals surface area contributed by atoms with Gasteiger partial charge in [0, 0.05) is 23.4 Å². The summed E-state index contributed by atoms with van der Waals surface area (Å²) >= 11 is 5.88. The molecular weight excluding hydrogens is 408 g/mol. The second-order valence-corrected chi connectivity index (χ2v) is 7.34. The predicted octanol–water partition coefficient (Wildman–Crippen LogP) is 3.53. The van der Waals surface area contributed by atoms with Gasteiger partial charge in [-0.15, -0.1) is 0 Å². The van der Waals surface area contributed by atoms with E-state index in [0.717, 1.165) is 11.1 Å². The number of nitrogens with zero attached hydrogens (tertiary/aromatic N) is 2. The van der Waals surface area contributed by atoms with Crippen molar-refractivity contribution in [3.63, 3.8) is 0 Å². The Morgan fingerprint density at radius 1 is 1.27 bits per heavy atom. The smallest absolute Gasteiger partial charge is 0.262 e. The summed E-state index contributed by atoms with van der Waals surface area (Å²) in [6.07, 6.45) is 0.532. The molecule has 1 unspecified atom stereocenters. The Morgan fingerprint density at radius 2 is 2.07 bits per heavy atom. The molecule has 154 valence electrons. The Labute approximate surface area is 177 Å². The molecule has 2 heterocycles. The van der Waals surface area contributed by atoms with Gasteiger partial charge in [0.1, 0.15) is 5.75 Å². The number of carbonyl (C=O) groups excluding carboxylic acids is 2. The first-order valence-corrected chi connectivity index (χ1v) is 9.80. The first kappa shape index (κ1) is 19.9. The van der Waals surface area contributed by atoms with Crippen molar-refractivity contribution in [2.45, 2.75) is 25.8 Å². The van der Waals surface area contributed by atoms with Crippen LogP contribution in [0.4, 0.5) is 5.69 Å². The van der Waals surface area contributed by atoms with Gasteiger partial charge in [0.2, 0.25) is 17.6 Å². The first-order chi connectivity index (χ1) is 14.5. The van der Waals surface area contributed by atoms with Gasteiger partial charge in [-0.3, -0.25) is 9.59 Å². The monoisotopic (exact) mass is 426 g/mol. The molecule has 9 heteroatoms. The van der Waals surface area contributed by atoms with Gasteiger partial charge >= 0.3 is 0 Å². The number of benzene rings is 2. The van der Waals surface area contributed by atoms with Crippen molar-refractivity contribution in [1.29, 1.82) is 0 Å². The number of aryl methyl sites for hydroxylation is 1. The van der Waals surface area contributed by atoms with Crippen molar-refractivity contribution in [2.75, 3.05) is 11.9 Å². The lowest BCUT2D eigenvalue weighted by atomic mass is 10.1. The SMILES string of the molecule is CC(NC(=O)CCc1nc(-c2ccc(Cl)cc2)no1)c1ccc2c(c1)NC(=O)CO2. The maximum absolute atomic E-state index is 12.3. The summed E-state index contributed by atoms with van der Waals surface area (Å²) in [5, 5.41) is 10.3. The highest BCUT2D eigenvalue weighted by atomic mass is 35.5. The maximum atomic E-state index is 12.3. The van der Waals surface area contributed by atoms with Crippen LogP contribution in [0, 0.1) is 0 Å². The Bertz CT molecular complexity index is 1080. The van der Waals surface area contributed by atoms with Crippen molar-refractivity contribution in [1.82, 2.24) is 15.5 Å². The number of ether oxygens (including phenoxy) is 1. The lowest BCUT2D eigenvalue weighted by molar-refractivity contribution is -0.122. The van der Waals surface area contributed by atoms with Gasteiger partial charge in [-0.2, -0.15) is 4.98 Å². The third-order valence-corrected chi connectivity index (χ3v) is 4.90. The summed E-state index contributed by atoms with van der Waals surface area (Å²) in [7, 11) is 0. The van der Waals surface area contributed by atoms with Crippen LogP contribution in [0.2, 0.25) is 5.02 Å². The van der Waals surface area contributed by atoms with Gasteiger partial charge in [-0.25, -0.2) is 0 Å². The molecule has 0 spiro atoms. The van der Waals surface area contributed by atoms with Crippen LogP contribution in [0.1, 0.15) is 30.8 Å². The Kier molecular flexibility index (Phi) is 5.67. The molecule has 2 N–H and O–H groups in total. The third kappa shape index (κ3) is 4.60. The molecule has 4 rings (SSSR count). The minimum Gasteiger partial charge on any atom is -0.482 e. The first-order valence-electron chi connectivity index (χ1n) is 9.42. The Balaban J connectivity index is 1.32. The van der Waals surface area contributed by atoms with E-state index in [1.165, 1.54) is 0 Å². The molecule has 2 amide bonds. The molecule has 0 radical (unpaired) electrons. The van der Waals surface area contributed by atoms with Crippen molar-refractivity contribution in [3.05, 3.63) is 58.9 Å². The van der Waals surface area contributed by atoms with Crippen molar-refractivity contribution in [3.8, 4) is 17.1 Å². The van der Waals surface area contributed by atoms with E-state index in [-0.39, 0.29) is 30.9 Å².